The highest BCUT2D eigenvalue weighted by Gasteiger charge is 2.51. The summed E-state index contributed by atoms with van der Waals surface area (Å²) in [5.74, 6) is -1.84. The standard InChI is InChI=1S/C11H13FN2O6/c1-5(16)11(19)2-8(20-7(11)4-15)14-3-6(12)9(17)13-10(14)18/h3,7-8,15,19H,2,4H2,1H3,(H,13,17,18)/t7-,8-,11-/m1/s1. The van der Waals surface area contributed by atoms with Gasteiger partial charge in [0, 0.05) is 6.42 Å². The predicted molar refractivity (Wildman–Crippen MR) is 62.5 cm³/mol. The molecule has 3 atom stereocenters. The molecule has 0 radical (unpaired) electrons. The number of Topliss-reactive ketones (excluding diaryl/α,β-unsaturated/α-hetero) is 1. The molecule has 1 aliphatic heterocycles. The summed E-state index contributed by atoms with van der Waals surface area (Å²) in [6.45, 7) is 0.470. The predicted octanol–water partition coefficient (Wildman–Crippen LogP) is -1.72. The number of carbonyl (C=O) groups is 1. The lowest BCUT2D eigenvalue weighted by Gasteiger charge is -2.23. The first-order valence-corrected chi connectivity index (χ1v) is 5.80. The highest BCUT2D eigenvalue weighted by molar-refractivity contribution is 5.85. The van der Waals surface area contributed by atoms with Crippen LogP contribution in [-0.4, -0.2) is 43.9 Å². The van der Waals surface area contributed by atoms with Crippen LogP contribution in [0.4, 0.5) is 4.39 Å². The molecule has 0 unspecified atom stereocenters. The Labute approximate surface area is 111 Å². The van der Waals surface area contributed by atoms with E-state index in [0.717, 1.165) is 11.5 Å². The van der Waals surface area contributed by atoms with E-state index >= 15 is 0 Å². The Balaban J connectivity index is 2.42. The number of hydrogen-bond acceptors (Lipinski definition) is 6. The monoisotopic (exact) mass is 288 g/mol. The van der Waals surface area contributed by atoms with E-state index in [9.17, 15) is 23.9 Å². The van der Waals surface area contributed by atoms with Crippen LogP contribution in [0.15, 0.2) is 15.8 Å². The van der Waals surface area contributed by atoms with Gasteiger partial charge in [-0.15, -0.1) is 0 Å². The maximum Gasteiger partial charge on any atom is 0.330 e. The topological polar surface area (TPSA) is 122 Å². The van der Waals surface area contributed by atoms with Gasteiger partial charge >= 0.3 is 5.69 Å². The van der Waals surface area contributed by atoms with Gasteiger partial charge in [0.1, 0.15) is 12.3 Å². The lowest BCUT2D eigenvalue weighted by molar-refractivity contribution is -0.144. The van der Waals surface area contributed by atoms with E-state index in [1.807, 2.05) is 0 Å². The Hall–Kier alpha value is -1.84. The quantitative estimate of drug-likeness (QED) is 0.608. The Kier molecular flexibility index (Phi) is 3.59. The first-order valence-electron chi connectivity index (χ1n) is 5.80. The number of H-pyrrole nitrogens is 1. The molecule has 3 N–H and O–H groups in total. The summed E-state index contributed by atoms with van der Waals surface area (Å²) >= 11 is 0. The number of hydrogen-bond donors (Lipinski definition) is 3. The largest absolute Gasteiger partial charge is 0.394 e. The molecule has 0 spiro atoms. The minimum atomic E-state index is -1.97. The summed E-state index contributed by atoms with van der Waals surface area (Å²) in [5, 5.41) is 19.3. The van der Waals surface area contributed by atoms with Crippen LogP contribution in [0.25, 0.3) is 0 Å². The molecule has 0 bridgehead atoms. The van der Waals surface area contributed by atoms with Crippen LogP contribution in [0, 0.1) is 5.82 Å². The first-order chi connectivity index (χ1) is 9.29. The fourth-order valence-electron chi connectivity index (χ4n) is 2.15. The minimum absolute atomic E-state index is 0.334. The number of rotatable bonds is 3. The third-order valence-electron chi connectivity index (χ3n) is 3.35. The normalized spacial score (nSPS) is 29.6. The van der Waals surface area contributed by atoms with Gasteiger partial charge in [-0.05, 0) is 6.92 Å². The zero-order valence-electron chi connectivity index (χ0n) is 10.5. The van der Waals surface area contributed by atoms with Crippen LogP contribution < -0.4 is 11.2 Å². The zero-order valence-corrected chi connectivity index (χ0v) is 10.5. The Morgan fingerprint density at radius 1 is 1.65 bits per heavy atom. The number of carbonyl (C=O) groups excluding carboxylic acids is 1. The number of nitrogens with one attached hydrogen (secondary N) is 1. The fraction of sp³-hybridized carbons (Fsp3) is 0.545. The van der Waals surface area contributed by atoms with Crippen molar-refractivity contribution in [3.8, 4) is 0 Å². The maximum absolute atomic E-state index is 13.2. The minimum Gasteiger partial charge on any atom is -0.394 e. The van der Waals surface area contributed by atoms with E-state index < -0.39 is 47.4 Å². The Morgan fingerprint density at radius 3 is 2.80 bits per heavy atom. The second-order valence-electron chi connectivity index (χ2n) is 4.59. The number of ether oxygens (including phenoxy) is 1. The van der Waals surface area contributed by atoms with Crippen molar-refractivity contribution in [3.63, 3.8) is 0 Å². The van der Waals surface area contributed by atoms with Crippen LogP contribution in [0.5, 0.6) is 0 Å². The van der Waals surface area contributed by atoms with E-state index in [0.29, 0.717) is 6.20 Å². The lowest BCUT2D eigenvalue weighted by atomic mass is 9.91. The van der Waals surface area contributed by atoms with Gasteiger partial charge in [-0.3, -0.25) is 19.1 Å². The van der Waals surface area contributed by atoms with Gasteiger partial charge in [0.05, 0.1) is 12.8 Å². The molecule has 0 aromatic carbocycles. The van der Waals surface area contributed by atoms with Crippen LogP contribution in [0.1, 0.15) is 19.6 Å². The fourth-order valence-corrected chi connectivity index (χ4v) is 2.15. The molecule has 1 aromatic rings. The molecular formula is C11H13FN2O6. The van der Waals surface area contributed by atoms with Crippen molar-refractivity contribution in [2.24, 2.45) is 0 Å². The van der Waals surface area contributed by atoms with Gasteiger partial charge in [-0.2, -0.15) is 4.39 Å². The van der Waals surface area contributed by atoms with Crippen LogP contribution in [0.3, 0.4) is 0 Å². The van der Waals surface area contributed by atoms with E-state index in [-0.39, 0.29) is 6.42 Å². The number of aliphatic hydroxyl groups excluding tert-OH is 1. The van der Waals surface area contributed by atoms with Gasteiger partial charge in [0.15, 0.2) is 11.4 Å². The van der Waals surface area contributed by atoms with Crippen molar-refractivity contribution in [3.05, 3.63) is 32.9 Å². The first kappa shape index (κ1) is 14.6. The third kappa shape index (κ3) is 2.19. The smallest absolute Gasteiger partial charge is 0.330 e. The number of halogens is 1. The van der Waals surface area contributed by atoms with E-state index in [1.54, 1.807) is 4.98 Å². The number of aromatic nitrogens is 2. The molecule has 1 aliphatic rings. The molecule has 8 nitrogen and oxygen atoms in total. The molecule has 1 saturated heterocycles. The lowest BCUT2D eigenvalue weighted by Crippen LogP contribution is -2.46. The Morgan fingerprint density at radius 2 is 2.30 bits per heavy atom. The Bertz CT molecular complexity index is 653. The number of aromatic amines is 1. The summed E-state index contributed by atoms with van der Waals surface area (Å²) in [5.41, 5.74) is -4.08. The molecular weight excluding hydrogens is 275 g/mol. The van der Waals surface area contributed by atoms with Crippen molar-refractivity contribution in [1.29, 1.82) is 0 Å². The second-order valence-corrected chi connectivity index (χ2v) is 4.59. The number of ketones is 1. The molecule has 20 heavy (non-hydrogen) atoms. The summed E-state index contributed by atoms with van der Waals surface area (Å²) in [6.07, 6.45) is -2.10. The molecule has 2 rings (SSSR count). The summed E-state index contributed by atoms with van der Waals surface area (Å²) in [7, 11) is 0. The van der Waals surface area contributed by atoms with Crippen LogP contribution >= 0.6 is 0 Å². The molecule has 0 aliphatic carbocycles. The summed E-state index contributed by atoms with van der Waals surface area (Å²) < 4.78 is 19.1. The van der Waals surface area contributed by atoms with E-state index in [1.165, 1.54) is 0 Å². The third-order valence-corrected chi connectivity index (χ3v) is 3.35. The number of aliphatic hydroxyl groups is 2. The van der Waals surface area contributed by atoms with Crippen LogP contribution in [0.2, 0.25) is 0 Å². The van der Waals surface area contributed by atoms with Gasteiger partial charge in [-0.1, -0.05) is 0 Å². The summed E-state index contributed by atoms with van der Waals surface area (Å²) in [4.78, 5) is 35.7. The van der Waals surface area contributed by atoms with Crippen molar-refractivity contribution in [2.45, 2.75) is 31.3 Å². The molecule has 1 aromatic heterocycles. The molecule has 2 heterocycles. The van der Waals surface area contributed by atoms with E-state index in [4.69, 9.17) is 9.84 Å². The van der Waals surface area contributed by atoms with Gasteiger partial charge in [0.2, 0.25) is 5.82 Å². The van der Waals surface area contributed by atoms with Crippen LogP contribution in [-0.2, 0) is 9.53 Å². The van der Waals surface area contributed by atoms with Gasteiger partial charge < -0.3 is 14.9 Å². The van der Waals surface area contributed by atoms with Crippen molar-refractivity contribution >= 4 is 5.78 Å². The van der Waals surface area contributed by atoms with Crippen molar-refractivity contribution in [1.82, 2.24) is 9.55 Å². The van der Waals surface area contributed by atoms with Gasteiger partial charge in [-0.25, -0.2) is 4.79 Å². The average molecular weight is 288 g/mol. The maximum atomic E-state index is 13.2. The van der Waals surface area contributed by atoms with Crippen molar-refractivity contribution in [2.75, 3.05) is 6.61 Å². The molecule has 9 heteroatoms. The molecule has 1 fully saturated rings. The number of nitrogens with zero attached hydrogens (tertiary/aromatic N) is 1. The van der Waals surface area contributed by atoms with Gasteiger partial charge in [0.25, 0.3) is 5.56 Å². The average Bonchev–Trinajstić information content (AvgIpc) is 2.72. The summed E-state index contributed by atoms with van der Waals surface area (Å²) in [6, 6.07) is 0. The second kappa shape index (κ2) is 4.93. The highest BCUT2D eigenvalue weighted by Crippen LogP contribution is 2.36. The highest BCUT2D eigenvalue weighted by atomic mass is 19.1. The van der Waals surface area contributed by atoms with E-state index in [2.05, 4.69) is 0 Å². The SMILES string of the molecule is CC(=O)[C@]1(O)C[C@H](n2cc(F)c(=O)[nH]c2=O)O[C@@H]1CO. The molecule has 0 amide bonds. The molecule has 110 valence electrons. The van der Waals surface area contributed by atoms with Crippen molar-refractivity contribution < 1.29 is 24.1 Å². The zero-order chi connectivity index (χ0) is 15.1. The molecule has 0 saturated carbocycles.